The molecular weight excluding hydrogens is 289 g/mol. The van der Waals surface area contributed by atoms with E-state index in [1.165, 1.54) is 12.1 Å². The first-order valence-electron chi connectivity index (χ1n) is 7.65. The summed E-state index contributed by atoms with van der Waals surface area (Å²) < 4.78 is 38.6. The predicted molar refractivity (Wildman–Crippen MR) is 83.7 cm³/mol. The highest BCUT2D eigenvalue weighted by Gasteiger charge is 2.51. The van der Waals surface area contributed by atoms with Crippen molar-refractivity contribution in [3.8, 4) is 0 Å². The molecule has 0 heterocycles. The van der Waals surface area contributed by atoms with Crippen molar-refractivity contribution in [2.24, 2.45) is 11.3 Å². The Kier molecular flexibility index (Phi) is 5.38. The number of rotatable bonds is 4. The highest BCUT2D eigenvalue weighted by molar-refractivity contribution is 5.30. The third-order valence-corrected chi connectivity index (χ3v) is 4.09. The highest BCUT2D eigenvalue weighted by Crippen LogP contribution is 2.40. The molecule has 1 nitrogen and oxygen atoms in total. The van der Waals surface area contributed by atoms with Crippen LogP contribution in [0.5, 0.6) is 0 Å². The Morgan fingerprint density at radius 3 is 1.73 bits per heavy atom. The van der Waals surface area contributed by atoms with Crippen LogP contribution >= 0.6 is 0 Å². The van der Waals surface area contributed by atoms with Crippen molar-refractivity contribution in [1.29, 1.82) is 0 Å². The molecule has 22 heavy (non-hydrogen) atoms. The van der Waals surface area contributed by atoms with Crippen LogP contribution in [-0.2, 0) is 5.60 Å². The number of alkyl halides is 3. The summed E-state index contributed by atoms with van der Waals surface area (Å²) in [5, 5.41) is 9.72. The summed E-state index contributed by atoms with van der Waals surface area (Å²) in [5.74, 6) is 0.679. The molecule has 1 aromatic rings. The van der Waals surface area contributed by atoms with Crippen LogP contribution in [0, 0.1) is 11.3 Å². The molecule has 0 saturated carbocycles. The molecule has 0 bridgehead atoms. The molecule has 4 heteroatoms. The van der Waals surface area contributed by atoms with E-state index in [0.29, 0.717) is 5.92 Å². The van der Waals surface area contributed by atoms with Crippen LogP contribution in [0.2, 0.25) is 0 Å². The topological polar surface area (TPSA) is 20.2 Å². The summed E-state index contributed by atoms with van der Waals surface area (Å²) in [6, 6.07) is 6.21. The van der Waals surface area contributed by atoms with E-state index in [0.717, 1.165) is 18.9 Å². The smallest absolute Gasteiger partial charge is 0.376 e. The van der Waals surface area contributed by atoms with Gasteiger partial charge in [0, 0.05) is 0 Å². The SMILES string of the molecule is CC(C)C(CC(C)(C)C)c1ccc(C(C)(O)C(F)(F)F)cc1. The van der Waals surface area contributed by atoms with E-state index in [9.17, 15) is 18.3 Å². The molecule has 0 radical (unpaired) electrons. The molecule has 0 aromatic heterocycles. The number of aliphatic hydroxyl groups is 1. The van der Waals surface area contributed by atoms with Crippen LogP contribution in [0.3, 0.4) is 0 Å². The summed E-state index contributed by atoms with van der Waals surface area (Å²) in [5.41, 5.74) is -1.78. The Balaban J connectivity index is 3.10. The Labute approximate surface area is 131 Å². The first-order chi connectivity index (χ1) is 9.75. The normalized spacial score (nSPS) is 17.4. The third kappa shape index (κ3) is 4.48. The lowest BCUT2D eigenvalue weighted by Gasteiger charge is -2.30. The van der Waals surface area contributed by atoms with Crippen molar-refractivity contribution < 1.29 is 18.3 Å². The average molecular weight is 316 g/mol. The fourth-order valence-corrected chi connectivity index (χ4v) is 2.62. The summed E-state index contributed by atoms with van der Waals surface area (Å²) >= 11 is 0. The average Bonchev–Trinajstić information content (AvgIpc) is 2.33. The van der Waals surface area contributed by atoms with Crippen molar-refractivity contribution in [2.75, 3.05) is 0 Å². The minimum atomic E-state index is -4.68. The van der Waals surface area contributed by atoms with Crippen molar-refractivity contribution in [1.82, 2.24) is 0 Å². The summed E-state index contributed by atoms with van der Waals surface area (Å²) in [7, 11) is 0. The van der Waals surface area contributed by atoms with Gasteiger partial charge in [0.1, 0.15) is 0 Å². The van der Waals surface area contributed by atoms with E-state index in [1.807, 2.05) is 0 Å². The minimum absolute atomic E-state index is 0.123. The van der Waals surface area contributed by atoms with Gasteiger partial charge in [0.05, 0.1) is 0 Å². The van der Waals surface area contributed by atoms with Crippen molar-refractivity contribution in [2.45, 2.75) is 65.7 Å². The van der Waals surface area contributed by atoms with E-state index in [2.05, 4.69) is 34.6 Å². The second-order valence-corrected chi connectivity index (χ2v) is 7.81. The van der Waals surface area contributed by atoms with Crippen molar-refractivity contribution in [3.05, 3.63) is 35.4 Å². The Hall–Kier alpha value is -1.03. The quantitative estimate of drug-likeness (QED) is 0.763. The van der Waals surface area contributed by atoms with E-state index in [4.69, 9.17) is 0 Å². The van der Waals surface area contributed by atoms with Crippen molar-refractivity contribution >= 4 is 0 Å². The van der Waals surface area contributed by atoms with Crippen LogP contribution in [0.1, 0.15) is 65.0 Å². The van der Waals surface area contributed by atoms with Crippen LogP contribution in [0.4, 0.5) is 13.2 Å². The first kappa shape index (κ1) is 19.0. The predicted octanol–water partition coefficient (Wildman–Crippen LogP) is 5.63. The fourth-order valence-electron chi connectivity index (χ4n) is 2.62. The van der Waals surface area contributed by atoms with E-state index >= 15 is 0 Å². The number of halogens is 3. The summed E-state index contributed by atoms with van der Waals surface area (Å²) in [6.07, 6.45) is -3.73. The second kappa shape index (κ2) is 6.23. The van der Waals surface area contributed by atoms with Crippen LogP contribution < -0.4 is 0 Å². The Morgan fingerprint density at radius 1 is 0.955 bits per heavy atom. The van der Waals surface area contributed by atoms with E-state index in [1.54, 1.807) is 12.1 Å². The Bertz CT molecular complexity index is 479. The molecule has 1 aromatic carbocycles. The molecule has 2 atom stereocenters. The molecule has 0 aliphatic carbocycles. The molecule has 2 unspecified atom stereocenters. The summed E-state index contributed by atoms with van der Waals surface area (Å²) in [4.78, 5) is 0. The van der Waals surface area contributed by atoms with Gasteiger partial charge in [-0.15, -0.1) is 0 Å². The molecule has 126 valence electrons. The maximum atomic E-state index is 12.9. The molecule has 0 spiro atoms. The zero-order valence-corrected chi connectivity index (χ0v) is 14.3. The second-order valence-electron chi connectivity index (χ2n) is 7.81. The lowest BCUT2D eigenvalue weighted by Crippen LogP contribution is -2.39. The number of hydrogen-bond acceptors (Lipinski definition) is 1. The lowest BCUT2D eigenvalue weighted by atomic mass is 9.76. The standard InChI is InChI=1S/C18H27F3O/c1-12(2)15(11-16(3,4)5)13-7-9-14(10-8-13)17(6,22)18(19,20)21/h7-10,12,15,22H,11H2,1-6H3. The lowest BCUT2D eigenvalue weighted by molar-refractivity contribution is -0.258. The van der Waals surface area contributed by atoms with Crippen LogP contribution in [-0.4, -0.2) is 11.3 Å². The van der Waals surface area contributed by atoms with E-state index < -0.39 is 11.8 Å². The van der Waals surface area contributed by atoms with Gasteiger partial charge in [0.2, 0.25) is 0 Å². The third-order valence-electron chi connectivity index (χ3n) is 4.09. The molecule has 0 aliphatic heterocycles. The van der Waals surface area contributed by atoms with E-state index in [-0.39, 0.29) is 16.9 Å². The Morgan fingerprint density at radius 2 is 1.41 bits per heavy atom. The van der Waals surface area contributed by atoms with Gasteiger partial charge in [-0.25, -0.2) is 0 Å². The first-order valence-corrected chi connectivity index (χ1v) is 7.65. The fraction of sp³-hybridized carbons (Fsp3) is 0.667. The maximum Gasteiger partial charge on any atom is 0.421 e. The zero-order chi connectivity index (χ0) is 17.3. The van der Waals surface area contributed by atoms with Crippen molar-refractivity contribution in [3.63, 3.8) is 0 Å². The molecule has 1 rings (SSSR count). The largest absolute Gasteiger partial charge is 0.421 e. The van der Waals surface area contributed by atoms with Gasteiger partial charge in [-0.1, -0.05) is 58.9 Å². The zero-order valence-electron chi connectivity index (χ0n) is 14.3. The molecule has 0 fully saturated rings. The monoisotopic (exact) mass is 316 g/mol. The van der Waals surface area contributed by atoms with Crippen LogP contribution in [0.15, 0.2) is 24.3 Å². The van der Waals surface area contributed by atoms with Crippen LogP contribution in [0.25, 0.3) is 0 Å². The maximum absolute atomic E-state index is 12.9. The molecule has 0 aliphatic rings. The van der Waals surface area contributed by atoms with Gasteiger partial charge in [-0.2, -0.15) is 13.2 Å². The molecule has 0 amide bonds. The number of benzene rings is 1. The minimum Gasteiger partial charge on any atom is -0.376 e. The van der Waals surface area contributed by atoms with Gasteiger partial charge in [0.15, 0.2) is 5.60 Å². The van der Waals surface area contributed by atoms with Gasteiger partial charge in [-0.05, 0) is 41.7 Å². The number of hydrogen-bond donors (Lipinski definition) is 1. The van der Waals surface area contributed by atoms with Gasteiger partial charge in [0.25, 0.3) is 0 Å². The molecule has 1 N–H and O–H groups in total. The van der Waals surface area contributed by atoms with Gasteiger partial charge < -0.3 is 5.11 Å². The summed E-state index contributed by atoms with van der Waals surface area (Å²) in [6.45, 7) is 11.5. The highest BCUT2D eigenvalue weighted by atomic mass is 19.4. The van der Waals surface area contributed by atoms with Gasteiger partial charge in [-0.3, -0.25) is 0 Å². The molecular formula is C18H27F3O. The molecule has 0 saturated heterocycles. The van der Waals surface area contributed by atoms with Gasteiger partial charge >= 0.3 is 6.18 Å².